The van der Waals surface area contributed by atoms with Crippen molar-refractivity contribution in [3.63, 3.8) is 0 Å². The third-order valence-electron chi connectivity index (χ3n) is 3.35. The zero-order valence-corrected chi connectivity index (χ0v) is 11.5. The maximum atomic E-state index is 4.53. The van der Waals surface area contributed by atoms with Crippen LogP contribution < -0.4 is 5.32 Å². The molecule has 1 N–H and O–H groups in total. The van der Waals surface area contributed by atoms with Gasteiger partial charge in [-0.3, -0.25) is 0 Å². The topological polar surface area (TPSA) is 24.9 Å². The Bertz CT molecular complexity index is 529. The molecule has 1 saturated carbocycles. The van der Waals surface area contributed by atoms with Gasteiger partial charge in [0.05, 0.1) is 5.01 Å². The van der Waals surface area contributed by atoms with Gasteiger partial charge in [0.2, 0.25) is 0 Å². The van der Waals surface area contributed by atoms with Crippen molar-refractivity contribution in [3.8, 4) is 0 Å². The Morgan fingerprint density at radius 3 is 2.94 bits per heavy atom. The van der Waals surface area contributed by atoms with E-state index in [9.17, 15) is 0 Å². The summed E-state index contributed by atoms with van der Waals surface area (Å²) in [5.74, 6) is 0. The van der Waals surface area contributed by atoms with Gasteiger partial charge in [-0.2, -0.15) is 0 Å². The molecule has 2 nitrogen and oxygen atoms in total. The molecule has 0 bridgehead atoms. The molecular formula is C15H18N2S. The van der Waals surface area contributed by atoms with Crippen molar-refractivity contribution in [1.29, 1.82) is 0 Å². The molecule has 3 heteroatoms. The van der Waals surface area contributed by atoms with Crippen LogP contribution in [0.25, 0.3) is 0 Å². The second kappa shape index (κ2) is 5.21. The van der Waals surface area contributed by atoms with Crippen LogP contribution >= 0.6 is 11.3 Å². The predicted molar refractivity (Wildman–Crippen MR) is 76.0 cm³/mol. The van der Waals surface area contributed by atoms with Crippen molar-refractivity contribution in [2.75, 3.05) is 0 Å². The Balaban J connectivity index is 1.63. The summed E-state index contributed by atoms with van der Waals surface area (Å²) < 4.78 is 0. The molecule has 2 aromatic rings. The first kappa shape index (κ1) is 11.9. The van der Waals surface area contributed by atoms with E-state index >= 15 is 0 Å². The monoisotopic (exact) mass is 258 g/mol. The molecule has 18 heavy (non-hydrogen) atoms. The first-order valence-corrected chi connectivity index (χ1v) is 7.34. The highest BCUT2D eigenvalue weighted by molar-refractivity contribution is 7.11. The van der Waals surface area contributed by atoms with Gasteiger partial charge in [-0.25, -0.2) is 4.98 Å². The minimum atomic E-state index is 0.770. The van der Waals surface area contributed by atoms with E-state index in [-0.39, 0.29) is 0 Å². The van der Waals surface area contributed by atoms with Crippen LogP contribution in [-0.2, 0) is 13.0 Å². The molecule has 94 valence electrons. The first-order valence-electron chi connectivity index (χ1n) is 6.53. The zero-order chi connectivity index (χ0) is 12.4. The van der Waals surface area contributed by atoms with Crippen molar-refractivity contribution in [2.45, 2.75) is 38.8 Å². The van der Waals surface area contributed by atoms with E-state index in [1.54, 1.807) is 0 Å². The lowest BCUT2D eigenvalue weighted by atomic mass is 10.1. The molecule has 0 radical (unpaired) electrons. The fraction of sp³-hybridized carbons (Fsp3) is 0.400. The summed E-state index contributed by atoms with van der Waals surface area (Å²) in [4.78, 5) is 5.88. The predicted octanol–water partition coefficient (Wildman–Crippen LogP) is 3.29. The molecule has 1 aliphatic rings. The van der Waals surface area contributed by atoms with Crippen molar-refractivity contribution in [2.24, 2.45) is 0 Å². The largest absolute Gasteiger partial charge is 0.309 e. The molecule has 0 amide bonds. The molecule has 1 heterocycles. The summed E-state index contributed by atoms with van der Waals surface area (Å²) in [6.07, 6.45) is 5.66. The number of rotatable bonds is 5. The van der Waals surface area contributed by atoms with Crippen molar-refractivity contribution >= 4 is 11.3 Å². The van der Waals surface area contributed by atoms with Gasteiger partial charge in [-0.1, -0.05) is 24.3 Å². The van der Waals surface area contributed by atoms with Gasteiger partial charge < -0.3 is 5.32 Å². The Morgan fingerprint density at radius 2 is 2.17 bits per heavy atom. The highest BCUT2D eigenvalue weighted by Crippen LogP contribution is 2.22. The van der Waals surface area contributed by atoms with Crippen LogP contribution in [0.2, 0.25) is 0 Å². The van der Waals surface area contributed by atoms with E-state index in [4.69, 9.17) is 0 Å². The minimum absolute atomic E-state index is 0.770. The lowest BCUT2D eigenvalue weighted by molar-refractivity contribution is 0.694. The molecule has 1 aromatic heterocycles. The van der Waals surface area contributed by atoms with Gasteiger partial charge in [0.15, 0.2) is 0 Å². The summed E-state index contributed by atoms with van der Waals surface area (Å²) in [6.45, 7) is 3.15. The SMILES string of the molecule is Cc1ccccc1Cc1ncc(CNC2CC2)s1. The average molecular weight is 258 g/mol. The van der Waals surface area contributed by atoms with Crippen LogP contribution in [0.5, 0.6) is 0 Å². The number of aryl methyl sites for hydroxylation is 1. The molecule has 3 rings (SSSR count). The van der Waals surface area contributed by atoms with E-state index in [1.807, 2.05) is 17.5 Å². The van der Waals surface area contributed by atoms with Crippen LogP contribution in [-0.4, -0.2) is 11.0 Å². The van der Waals surface area contributed by atoms with Crippen LogP contribution in [0.15, 0.2) is 30.5 Å². The van der Waals surface area contributed by atoms with Crippen molar-refractivity contribution in [1.82, 2.24) is 10.3 Å². The number of hydrogen-bond acceptors (Lipinski definition) is 3. The third kappa shape index (κ3) is 2.98. The van der Waals surface area contributed by atoms with Gasteiger partial charge in [0.25, 0.3) is 0 Å². The molecule has 0 saturated heterocycles. The Morgan fingerprint density at radius 1 is 1.33 bits per heavy atom. The van der Waals surface area contributed by atoms with Gasteiger partial charge in [-0.15, -0.1) is 11.3 Å². The summed E-state index contributed by atoms with van der Waals surface area (Å²) in [6, 6.07) is 9.32. The standard InChI is InChI=1S/C15H18N2S/c1-11-4-2-3-5-12(11)8-15-17-10-14(18-15)9-16-13-6-7-13/h2-5,10,13,16H,6-9H2,1H3. The number of nitrogens with one attached hydrogen (secondary N) is 1. The fourth-order valence-electron chi connectivity index (χ4n) is 2.02. The lowest BCUT2D eigenvalue weighted by Gasteiger charge is -2.02. The summed E-state index contributed by atoms with van der Waals surface area (Å²) in [5.41, 5.74) is 2.74. The molecule has 1 fully saturated rings. The molecule has 0 aliphatic heterocycles. The Hall–Kier alpha value is -1.19. The number of nitrogens with zero attached hydrogens (tertiary/aromatic N) is 1. The second-order valence-corrected chi connectivity index (χ2v) is 6.18. The van der Waals surface area contributed by atoms with E-state index in [1.165, 1.54) is 33.9 Å². The van der Waals surface area contributed by atoms with Crippen molar-refractivity contribution < 1.29 is 0 Å². The maximum absolute atomic E-state index is 4.53. The second-order valence-electron chi connectivity index (χ2n) is 4.98. The van der Waals surface area contributed by atoms with Gasteiger partial charge in [0, 0.05) is 30.1 Å². The molecule has 1 aromatic carbocycles. The molecule has 0 atom stereocenters. The molecular weight excluding hydrogens is 240 g/mol. The molecule has 0 spiro atoms. The van der Waals surface area contributed by atoms with Crippen LogP contribution in [0.4, 0.5) is 0 Å². The smallest absolute Gasteiger partial charge is 0.0972 e. The molecule has 1 aliphatic carbocycles. The van der Waals surface area contributed by atoms with Crippen LogP contribution in [0, 0.1) is 6.92 Å². The summed E-state index contributed by atoms with van der Waals surface area (Å²) >= 11 is 1.83. The van der Waals surface area contributed by atoms with Gasteiger partial charge in [-0.05, 0) is 30.9 Å². The maximum Gasteiger partial charge on any atom is 0.0972 e. The Labute approximate surface area is 112 Å². The highest BCUT2D eigenvalue weighted by atomic mass is 32.1. The highest BCUT2D eigenvalue weighted by Gasteiger charge is 2.20. The molecule has 0 unspecified atom stereocenters. The van der Waals surface area contributed by atoms with E-state index in [2.05, 4.69) is 41.5 Å². The summed E-state index contributed by atoms with van der Waals surface area (Å²) in [7, 11) is 0. The third-order valence-corrected chi connectivity index (χ3v) is 4.34. The number of hydrogen-bond donors (Lipinski definition) is 1. The zero-order valence-electron chi connectivity index (χ0n) is 10.6. The van der Waals surface area contributed by atoms with Gasteiger partial charge in [0.1, 0.15) is 0 Å². The summed E-state index contributed by atoms with van der Waals surface area (Å²) in [5, 5.41) is 4.75. The number of thiazole rings is 1. The fourth-order valence-corrected chi connectivity index (χ4v) is 2.91. The first-order chi connectivity index (χ1) is 8.81. The van der Waals surface area contributed by atoms with Crippen LogP contribution in [0.3, 0.4) is 0 Å². The van der Waals surface area contributed by atoms with Crippen molar-refractivity contribution in [3.05, 3.63) is 51.5 Å². The lowest BCUT2D eigenvalue weighted by Crippen LogP contribution is -2.14. The quantitative estimate of drug-likeness (QED) is 0.890. The van der Waals surface area contributed by atoms with E-state index in [0.29, 0.717) is 0 Å². The van der Waals surface area contributed by atoms with E-state index < -0.39 is 0 Å². The Kier molecular flexibility index (Phi) is 3.43. The number of benzene rings is 1. The average Bonchev–Trinajstić information content (AvgIpc) is 3.10. The van der Waals surface area contributed by atoms with Gasteiger partial charge >= 0.3 is 0 Å². The normalized spacial score (nSPS) is 14.9. The van der Waals surface area contributed by atoms with Crippen LogP contribution in [0.1, 0.15) is 33.9 Å². The number of aromatic nitrogens is 1. The van der Waals surface area contributed by atoms with E-state index in [0.717, 1.165) is 19.0 Å². The minimum Gasteiger partial charge on any atom is -0.309 e.